The highest BCUT2D eigenvalue weighted by Crippen LogP contribution is 2.49. The standard InChI is InChI=1S/C19H13N3O2S.C2H6/c1-21-19(24)22-16(11-7-3-2-4-8-11)14-15(20-18(22)25-21)12-9-5-6-10-13(12)17(14)23;1-2/h2-10,16H,1H3;1-2H3. The van der Waals surface area contributed by atoms with E-state index >= 15 is 0 Å². The van der Waals surface area contributed by atoms with Crippen molar-refractivity contribution >= 4 is 34.6 Å². The number of amidine groups is 1. The molecule has 5 nitrogen and oxygen atoms in total. The molecule has 1 aliphatic carbocycles. The molecule has 1 unspecified atom stereocenters. The predicted molar refractivity (Wildman–Crippen MR) is 108 cm³/mol. The van der Waals surface area contributed by atoms with Gasteiger partial charge < -0.3 is 0 Å². The minimum absolute atomic E-state index is 0.0467. The Morgan fingerprint density at radius 2 is 1.56 bits per heavy atom. The maximum absolute atomic E-state index is 13.1. The number of carbonyl (C=O) groups excluding carboxylic acids is 2. The van der Waals surface area contributed by atoms with E-state index in [0.29, 0.717) is 22.0 Å². The molecule has 2 aliphatic heterocycles. The van der Waals surface area contributed by atoms with Crippen LogP contribution in [0, 0.1) is 0 Å². The monoisotopic (exact) mass is 377 g/mol. The molecule has 2 amide bonds. The first-order chi connectivity index (χ1) is 13.2. The topological polar surface area (TPSA) is 53.0 Å². The summed E-state index contributed by atoms with van der Waals surface area (Å²) in [6, 6.07) is 16.6. The lowest BCUT2D eigenvalue weighted by Gasteiger charge is -2.30. The molecular weight excluding hydrogens is 358 g/mol. The van der Waals surface area contributed by atoms with Crippen LogP contribution in [0.25, 0.3) is 5.70 Å². The third-order valence-corrected chi connectivity index (χ3v) is 5.56. The second-order valence-corrected chi connectivity index (χ2v) is 7.18. The number of ketones is 1. The van der Waals surface area contributed by atoms with E-state index in [2.05, 4.69) is 4.99 Å². The molecule has 0 N–H and O–H groups in total. The highest BCUT2D eigenvalue weighted by molar-refractivity contribution is 8.12. The van der Waals surface area contributed by atoms with Gasteiger partial charge in [0.25, 0.3) is 0 Å². The number of hydrogen-bond donors (Lipinski definition) is 0. The molecule has 0 radical (unpaired) electrons. The Kier molecular flexibility index (Phi) is 4.36. The first-order valence-corrected chi connectivity index (χ1v) is 9.71. The number of nitrogens with zero attached hydrogens (tertiary/aromatic N) is 3. The molecule has 0 aromatic heterocycles. The molecule has 2 aromatic carbocycles. The number of rotatable bonds is 1. The van der Waals surface area contributed by atoms with Gasteiger partial charge >= 0.3 is 6.03 Å². The van der Waals surface area contributed by atoms with Gasteiger partial charge in [0.15, 0.2) is 11.0 Å². The molecule has 5 rings (SSSR count). The van der Waals surface area contributed by atoms with Crippen molar-refractivity contribution in [3.63, 3.8) is 0 Å². The smallest absolute Gasteiger partial charge is 0.289 e. The van der Waals surface area contributed by atoms with Gasteiger partial charge in [-0.25, -0.2) is 9.79 Å². The molecule has 1 fully saturated rings. The van der Waals surface area contributed by atoms with Crippen molar-refractivity contribution in [2.24, 2.45) is 4.99 Å². The largest absolute Gasteiger partial charge is 0.337 e. The van der Waals surface area contributed by atoms with E-state index in [1.54, 1.807) is 16.3 Å². The highest BCUT2D eigenvalue weighted by Gasteiger charge is 2.48. The van der Waals surface area contributed by atoms with Crippen molar-refractivity contribution in [3.8, 4) is 0 Å². The molecule has 3 aliphatic rings. The molecule has 27 heavy (non-hydrogen) atoms. The lowest BCUT2D eigenvalue weighted by atomic mass is 9.93. The number of carbonyl (C=O) groups is 2. The van der Waals surface area contributed by atoms with Gasteiger partial charge in [0, 0.05) is 30.1 Å². The van der Waals surface area contributed by atoms with Gasteiger partial charge in [-0.3, -0.25) is 14.0 Å². The normalized spacial score (nSPS) is 20.0. The first-order valence-electron chi connectivity index (χ1n) is 8.93. The van der Waals surface area contributed by atoms with Crippen molar-refractivity contribution < 1.29 is 9.59 Å². The zero-order valence-electron chi connectivity index (χ0n) is 15.3. The van der Waals surface area contributed by atoms with E-state index < -0.39 is 6.04 Å². The van der Waals surface area contributed by atoms with Gasteiger partial charge in [-0.1, -0.05) is 68.4 Å². The number of urea groups is 1. The Balaban J connectivity index is 0.000000872. The zero-order valence-corrected chi connectivity index (χ0v) is 16.2. The highest BCUT2D eigenvalue weighted by atomic mass is 32.2. The molecular formula is C21H19N3O2S. The van der Waals surface area contributed by atoms with Gasteiger partial charge in [-0.2, -0.15) is 0 Å². The average Bonchev–Trinajstić information content (AvgIpc) is 3.17. The summed E-state index contributed by atoms with van der Waals surface area (Å²) in [4.78, 5) is 32.1. The van der Waals surface area contributed by atoms with Crippen molar-refractivity contribution in [2.75, 3.05) is 7.05 Å². The predicted octanol–water partition coefficient (Wildman–Crippen LogP) is 4.75. The van der Waals surface area contributed by atoms with Crippen molar-refractivity contribution in [3.05, 3.63) is 76.9 Å². The van der Waals surface area contributed by atoms with Gasteiger partial charge in [0.05, 0.1) is 17.3 Å². The second kappa shape index (κ2) is 6.70. The van der Waals surface area contributed by atoms with E-state index in [0.717, 1.165) is 11.1 Å². The van der Waals surface area contributed by atoms with Crippen LogP contribution in [0.15, 0.2) is 65.2 Å². The number of amides is 2. The maximum atomic E-state index is 13.1. The van der Waals surface area contributed by atoms with Crippen LogP contribution in [-0.2, 0) is 0 Å². The fraction of sp³-hybridized carbons (Fsp3) is 0.190. The summed E-state index contributed by atoms with van der Waals surface area (Å²) in [5.41, 5.74) is 3.69. The summed E-state index contributed by atoms with van der Waals surface area (Å²) in [6.45, 7) is 4.00. The van der Waals surface area contributed by atoms with Crippen LogP contribution in [0.5, 0.6) is 0 Å². The third kappa shape index (κ3) is 2.51. The molecule has 1 atom stereocenters. The Hall–Kier alpha value is -2.86. The van der Waals surface area contributed by atoms with Gasteiger partial charge in [-0.05, 0) is 5.56 Å². The molecule has 1 saturated heterocycles. The van der Waals surface area contributed by atoms with E-state index in [4.69, 9.17) is 0 Å². The van der Waals surface area contributed by atoms with Crippen LogP contribution in [0.2, 0.25) is 0 Å². The number of aliphatic imine (C=N–C) groups is 1. The van der Waals surface area contributed by atoms with Crippen molar-refractivity contribution in [2.45, 2.75) is 19.9 Å². The number of fused-ring (bicyclic) bond motifs is 3. The number of benzene rings is 2. The van der Waals surface area contributed by atoms with E-state index in [1.165, 1.54) is 11.9 Å². The second-order valence-electron chi connectivity index (χ2n) is 6.09. The lowest BCUT2D eigenvalue weighted by Crippen LogP contribution is -2.39. The minimum Gasteiger partial charge on any atom is -0.289 e. The van der Waals surface area contributed by atoms with Gasteiger partial charge in [-0.15, -0.1) is 0 Å². The Morgan fingerprint density at radius 3 is 2.26 bits per heavy atom. The first kappa shape index (κ1) is 17.5. The van der Waals surface area contributed by atoms with Crippen LogP contribution in [0.3, 0.4) is 0 Å². The third-order valence-electron chi connectivity index (χ3n) is 4.68. The van der Waals surface area contributed by atoms with Gasteiger partial charge in [0.2, 0.25) is 0 Å². The van der Waals surface area contributed by atoms with Crippen LogP contribution in [0.1, 0.15) is 41.4 Å². The van der Waals surface area contributed by atoms with E-state index in [9.17, 15) is 9.59 Å². The van der Waals surface area contributed by atoms with Gasteiger partial charge in [0.1, 0.15) is 0 Å². The summed E-state index contributed by atoms with van der Waals surface area (Å²) >= 11 is 1.30. The average molecular weight is 377 g/mol. The minimum atomic E-state index is -0.450. The molecule has 0 saturated carbocycles. The van der Waals surface area contributed by atoms with Crippen LogP contribution < -0.4 is 0 Å². The summed E-state index contributed by atoms with van der Waals surface area (Å²) < 4.78 is 1.55. The Bertz CT molecular complexity index is 997. The molecule has 2 heterocycles. The zero-order chi connectivity index (χ0) is 19.1. The van der Waals surface area contributed by atoms with Crippen LogP contribution >= 0.6 is 11.9 Å². The number of hydrogen-bond acceptors (Lipinski definition) is 4. The quantitative estimate of drug-likeness (QED) is 0.674. The molecule has 0 spiro atoms. The number of Topliss-reactive ketones (excluding diaryl/α,β-unsaturated/α-hetero) is 1. The Labute approximate surface area is 162 Å². The van der Waals surface area contributed by atoms with Crippen molar-refractivity contribution in [1.29, 1.82) is 0 Å². The van der Waals surface area contributed by atoms with E-state index in [-0.39, 0.29) is 11.8 Å². The maximum Gasteiger partial charge on any atom is 0.337 e. The molecule has 6 heteroatoms. The SMILES string of the molecule is CC.CN1SC2=NC3=C(C(=O)c4ccccc43)C(c3ccccc3)N2C1=O. The molecule has 136 valence electrons. The van der Waals surface area contributed by atoms with Crippen LogP contribution in [-0.4, -0.2) is 33.2 Å². The van der Waals surface area contributed by atoms with Crippen molar-refractivity contribution in [1.82, 2.24) is 9.21 Å². The fourth-order valence-corrected chi connectivity index (χ4v) is 4.38. The summed E-state index contributed by atoms with van der Waals surface area (Å²) in [6.07, 6.45) is 0. The molecule has 0 bridgehead atoms. The van der Waals surface area contributed by atoms with E-state index in [1.807, 2.05) is 68.4 Å². The molecule has 2 aromatic rings. The lowest BCUT2D eigenvalue weighted by molar-refractivity contribution is 0.102. The van der Waals surface area contributed by atoms with Crippen LogP contribution in [0.4, 0.5) is 4.79 Å². The Morgan fingerprint density at radius 1 is 0.926 bits per heavy atom. The summed E-state index contributed by atoms with van der Waals surface area (Å²) in [5.74, 6) is -0.0467. The summed E-state index contributed by atoms with van der Waals surface area (Å²) in [5, 5.41) is 0.615. The summed E-state index contributed by atoms with van der Waals surface area (Å²) in [7, 11) is 1.72. The fourth-order valence-electron chi connectivity index (χ4n) is 3.57.